The fourth-order valence-corrected chi connectivity index (χ4v) is 2.39. The maximum absolute atomic E-state index is 12.6. The van der Waals surface area contributed by atoms with Crippen LogP contribution in [0, 0.1) is 11.8 Å². The third-order valence-electron chi connectivity index (χ3n) is 3.23. The minimum Gasteiger partial charge on any atom is -0.466 e. The molecule has 3 nitrogen and oxygen atoms in total. The lowest BCUT2D eigenvalue weighted by Gasteiger charge is -2.28. The summed E-state index contributed by atoms with van der Waals surface area (Å²) in [6.07, 6.45) is -1.61. The molecular formula is C11H18F3NO2. The zero-order valence-corrected chi connectivity index (χ0v) is 9.80. The van der Waals surface area contributed by atoms with Gasteiger partial charge in [0.05, 0.1) is 12.5 Å². The number of alkyl halides is 3. The Hall–Kier alpha value is -0.780. The van der Waals surface area contributed by atoms with Gasteiger partial charge < -0.3 is 10.5 Å². The zero-order chi connectivity index (χ0) is 13.1. The number of carbonyl (C=O) groups excluding carboxylic acids is 1. The lowest BCUT2D eigenvalue weighted by Crippen LogP contribution is -2.50. The molecule has 0 aromatic heterocycles. The van der Waals surface area contributed by atoms with Crippen molar-refractivity contribution >= 4 is 5.97 Å². The molecular weight excluding hydrogens is 235 g/mol. The topological polar surface area (TPSA) is 52.3 Å². The van der Waals surface area contributed by atoms with E-state index in [9.17, 15) is 18.0 Å². The zero-order valence-electron chi connectivity index (χ0n) is 9.80. The van der Waals surface area contributed by atoms with Gasteiger partial charge in [-0.1, -0.05) is 12.8 Å². The lowest BCUT2D eigenvalue weighted by atomic mass is 9.84. The second-order valence-corrected chi connectivity index (χ2v) is 4.39. The summed E-state index contributed by atoms with van der Waals surface area (Å²) in [4.78, 5) is 11.6. The summed E-state index contributed by atoms with van der Waals surface area (Å²) in [7, 11) is 0. The summed E-state index contributed by atoms with van der Waals surface area (Å²) < 4.78 is 42.6. The van der Waals surface area contributed by atoms with Crippen LogP contribution < -0.4 is 5.73 Å². The third kappa shape index (κ3) is 3.59. The molecule has 0 aromatic rings. The SMILES string of the molecule is CCOC(=O)[C@H](C1CCCC1)[C@@H](N)C(F)(F)F. The van der Waals surface area contributed by atoms with Gasteiger partial charge in [0.2, 0.25) is 0 Å². The monoisotopic (exact) mass is 253 g/mol. The molecule has 0 aliphatic heterocycles. The summed E-state index contributed by atoms with van der Waals surface area (Å²) in [6.45, 7) is 1.65. The highest BCUT2D eigenvalue weighted by Gasteiger charge is 2.49. The number of ether oxygens (including phenoxy) is 1. The van der Waals surface area contributed by atoms with Crippen LogP contribution in [0.1, 0.15) is 32.6 Å². The van der Waals surface area contributed by atoms with Gasteiger partial charge in [-0.15, -0.1) is 0 Å². The number of carbonyl (C=O) groups is 1. The molecule has 2 atom stereocenters. The number of halogens is 3. The minimum absolute atomic E-state index is 0.0760. The number of hydrogen-bond acceptors (Lipinski definition) is 3. The summed E-state index contributed by atoms with van der Waals surface area (Å²) in [5, 5.41) is 0. The molecule has 100 valence electrons. The van der Waals surface area contributed by atoms with Crippen LogP contribution in [-0.2, 0) is 9.53 Å². The smallest absolute Gasteiger partial charge is 0.404 e. The van der Waals surface area contributed by atoms with E-state index in [1.54, 1.807) is 6.92 Å². The molecule has 0 radical (unpaired) electrons. The number of nitrogens with two attached hydrogens (primary N) is 1. The van der Waals surface area contributed by atoms with E-state index in [2.05, 4.69) is 0 Å². The van der Waals surface area contributed by atoms with Crippen molar-refractivity contribution < 1.29 is 22.7 Å². The maximum Gasteiger partial charge on any atom is 0.404 e. The van der Waals surface area contributed by atoms with E-state index in [0.717, 1.165) is 12.8 Å². The molecule has 17 heavy (non-hydrogen) atoms. The molecule has 2 N–H and O–H groups in total. The van der Waals surface area contributed by atoms with Gasteiger partial charge in [0, 0.05) is 0 Å². The largest absolute Gasteiger partial charge is 0.466 e. The van der Waals surface area contributed by atoms with Crippen LogP contribution in [-0.4, -0.2) is 24.8 Å². The Morgan fingerprint density at radius 1 is 1.41 bits per heavy atom. The van der Waals surface area contributed by atoms with E-state index >= 15 is 0 Å². The van der Waals surface area contributed by atoms with Crippen LogP contribution >= 0.6 is 0 Å². The molecule has 0 amide bonds. The van der Waals surface area contributed by atoms with Gasteiger partial charge in [-0.2, -0.15) is 13.2 Å². The molecule has 1 fully saturated rings. The second kappa shape index (κ2) is 5.71. The number of hydrogen-bond donors (Lipinski definition) is 1. The van der Waals surface area contributed by atoms with Crippen LogP contribution in [0.15, 0.2) is 0 Å². The van der Waals surface area contributed by atoms with Gasteiger partial charge in [0.15, 0.2) is 0 Å². The number of rotatable bonds is 4. The first-order chi connectivity index (χ1) is 7.88. The van der Waals surface area contributed by atoms with Gasteiger partial charge in [0.1, 0.15) is 6.04 Å². The van der Waals surface area contributed by atoms with E-state index < -0.39 is 24.1 Å². The molecule has 1 rings (SSSR count). The summed E-state index contributed by atoms with van der Waals surface area (Å²) in [5.41, 5.74) is 5.18. The fraction of sp³-hybridized carbons (Fsp3) is 0.909. The van der Waals surface area contributed by atoms with E-state index in [1.807, 2.05) is 0 Å². The van der Waals surface area contributed by atoms with Crippen LogP contribution in [0.5, 0.6) is 0 Å². The highest BCUT2D eigenvalue weighted by molar-refractivity contribution is 5.73. The molecule has 1 aliphatic rings. The molecule has 6 heteroatoms. The van der Waals surface area contributed by atoms with Crippen LogP contribution in [0.2, 0.25) is 0 Å². The van der Waals surface area contributed by atoms with Gasteiger partial charge in [-0.05, 0) is 25.7 Å². The molecule has 1 aliphatic carbocycles. The average Bonchev–Trinajstić information content (AvgIpc) is 2.70. The van der Waals surface area contributed by atoms with E-state index in [0.29, 0.717) is 12.8 Å². The first kappa shape index (κ1) is 14.3. The van der Waals surface area contributed by atoms with Crippen molar-refractivity contribution in [3.8, 4) is 0 Å². The predicted molar refractivity (Wildman–Crippen MR) is 56.1 cm³/mol. The third-order valence-corrected chi connectivity index (χ3v) is 3.23. The maximum atomic E-state index is 12.6. The van der Waals surface area contributed by atoms with Crippen LogP contribution in [0.3, 0.4) is 0 Å². The van der Waals surface area contributed by atoms with Crippen molar-refractivity contribution in [1.82, 2.24) is 0 Å². The van der Waals surface area contributed by atoms with Crippen molar-refractivity contribution in [2.24, 2.45) is 17.6 Å². The Labute approximate surface area is 98.5 Å². The Morgan fingerprint density at radius 2 is 1.94 bits per heavy atom. The van der Waals surface area contributed by atoms with Gasteiger partial charge >= 0.3 is 12.1 Å². The second-order valence-electron chi connectivity index (χ2n) is 4.39. The normalized spacial score (nSPS) is 21.2. The lowest BCUT2D eigenvalue weighted by molar-refractivity contribution is -0.180. The van der Waals surface area contributed by atoms with Crippen molar-refractivity contribution in [1.29, 1.82) is 0 Å². The van der Waals surface area contributed by atoms with Crippen molar-refractivity contribution in [3.63, 3.8) is 0 Å². The Bertz CT molecular complexity index is 262. The first-order valence-corrected chi connectivity index (χ1v) is 5.86. The summed E-state index contributed by atoms with van der Waals surface area (Å²) in [5.74, 6) is -2.37. The minimum atomic E-state index is -4.56. The van der Waals surface area contributed by atoms with Gasteiger partial charge in [-0.3, -0.25) is 4.79 Å². The highest BCUT2D eigenvalue weighted by atomic mass is 19.4. The van der Waals surface area contributed by atoms with E-state index in [4.69, 9.17) is 10.5 Å². The Balaban J connectivity index is 2.81. The predicted octanol–water partition coefficient (Wildman–Crippen LogP) is 2.25. The van der Waals surface area contributed by atoms with Gasteiger partial charge in [0.25, 0.3) is 0 Å². The molecule has 1 saturated carbocycles. The van der Waals surface area contributed by atoms with Crippen LogP contribution in [0.4, 0.5) is 13.2 Å². The molecule has 0 unspecified atom stereocenters. The van der Waals surface area contributed by atoms with Crippen LogP contribution in [0.25, 0.3) is 0 Å². The molecule has 0 aromatic carbocycles. The number of esters is 1. The van der Waals surface area contributed by atoms with E-state index in [1.165, 1.54) is 0 Å². The molecule has 0 heterocycles. The molecule has 0 spiro atoms. The van der Waals surface area contributed by atoms with E-state index in [-0.39, 0.29) is 12.5 Å². The summed E-state index contributed by atoms with van der Waals surface area (Å²) >= 11 is 0. The average molecular weight is 253 g/mol. The Kier molecular flexibility index (Phi) is 4.80. The van der Waals surface area contributed by atoms with Crippen molar-refractivity contribution in [2.45, 2.75) is 44.8 Å². The standard InChI is InChI=1S/C11H18F3NO2/c1-2-17-10(16)8(7-5-3-4-6-7)9(15)11(12,13)14/h7-9H,2-6,15H2,1H3/t8-,9-/m1/s1. The van der Waals surface area contributed by atoms with Crippen molar-refractivity contribution in [2.75, 3.05) is 6.61 Å². The van der Waals surface area contributed by atoms with Gasteiger partial charge in [-0.25, -0.2) is 0 Å². The first-order valence-electron chi connectivity index (χ1n) is 5.86. The molecule has 0 saturated heterocycles. The highest BCUT2D eigenvalue weighted by Crippen LogP contribution is 2.37. The summed E-state index contributed by atoms with van der Waals surface area (Å²) in [6, 6.07) is -2.12. The van der Waals surface area contributed by atoms with Crippen molar-refractivity contribution in [3.05, 3.63) is 0 Å². The quantitative estimate of drug-likeness (QED) is 0.782. The Morgan fingerprint density at radius 3 is 2.35 bits per heavy atom. The molecule has 0 bridgehead atoms. The fourth-order valence-electron chi connectivity index (χ4n) is 2.39.